The number of halogens is 3. The fraction of sp³-hybridized carbons (Fsp3) is 0.333. The van der Waals surface area contributed by atoms with Gasteiger partial charge >= 0.3 is 0 Å². The average Bonchev–Trinajstić information content (AvgIpc) is 2.68. The van der Waals surface area contributed by atoms with Crippen molar-refractivity contribution in [3.8, 4) is 5.88 Å². The third kappa shape index (κ3) is 5.17. The fourth-order valence-electron chi connectivity index (χ4n) is 2.75. The van der Waals surface area contributed by atoms with E-state index in [1.807, 2.05) is 0 Å². The number of hydrogen-bond donors (Lipinski definition) is 2. The van der Waals surface area contributed by atoms with Crippen LogP contribution in [0.15, 0.2) is 35.6 Å². The minimum absolute atomic E-state index is 0.0529. The van der Waals surface area contributed by atoms with Gasteiger partial charge in [-0.2, -0.15) is 0 Å². The molecule has 154 valence electrons. The van der Waals surface area contributed by atoms with Crippen molar-refractivity contribution in [1.82, 2.24) is 9.97 Å². The van der Waals surface area contributed by atoms with Gasteiger partial charge in [0.15, 0.2) is 11.8 Å². The molecule has 0 fully saturated rings. The summed E-state index contributed by atoms with van der Waals surface area (Å²) >= 11 is 1.41. The zero-order valence-corrected chi connectivity index (χ0v) is 16.2. The summed E-state index contributed by atoms with van der Waals surface area (Å²) < 4.78 is 43.4. The minimum Gasteiger partial charge on any atom is -0.470 e. The molecule has 1 amide bonds. The van der Waals surface area contributed by atoms with Crippen LogP contribution in [0, 0.1) is 5.82 Å². The number of nitrogens with one attached hydrogen (secondary N) is 1. The molecule has 1 aromatic heterocycles. The average molecular weight is 425 g/mol. The van der Waals surface area contributed by atoms with Gasteiger partial charge in [0, 0.05) is 17.0 Å². The number of aliphatic imine (C=N–C) groups is 1. The van der Waals surface area contributed by atoms with Gasteiger partial charge in [-0.05, 0) is 31.5 Å². The number of amidine groups is 1. The molecule has 3 rings (SSSR count). The molecular weight excluding hydrogens is 407 g/mol. The molecule has 0 saturated heterocycles. The molecule has 11 heteroatoms. The number of benzene rings is 1. The van der Waals surface area contributed by atoms with Crippen molar-refractivity contribution in [3.05, 3.63) is 47.7 Å². The highest BCUT2D eigenvalue weighted by molar-refractivity contribution is 8.13. The lowest BCUT2D eigenvalue weighted by molar-refractivity contribution is 0.0792. The van der Waals surface area contributed by atoms with E-state index >= 15 is 0 Å². The molecule has 2 aromatic rings. The molecule has 1 unspecified atom stereocenters. The quantitative estimate of drug-likeness (QED) is 0.737. The Morgan fingerprint density at radius 3 is 2.83 bits per heavy atom. The standard InChI is InChI=1S/C18H18F3N5O2S/c1-18(4-5-29-17(22)26-18)11-6-10(2-3-12(11)19)25-16(27)13-7-24-15(8-23-13)28-9-14(20)21/h2-3,6-8,14H,4-5,9H2,1H3,(H2,22,26)(H,25,27). The van der Waals surface area contributed by atoms with E-state index in [1.165, 1.54) is 30.0 Å². The number of nitrogens with two attached hydrogens (primary N) is 1. The van der Waals surface area contributed by atoms with Crippen molar-refractivity contribution < 1.29 is 22.7 Å². The van der Waals surface area contributed by atoms with Gasteiger partial charge in [-0.1, -0.05) is 11.8 Å². The van der Waals surface area contributed by atoms with Gasteiger partial charge in [-0.15, -0.1) is 0 Å². The molecule has 0 bridgehead atoms. The van der Waals surface area contributed by atoms with Crippen LogP contribution < -0.4 is 15.8 Å². The van der Waals surface area contributed by atoms with Crippen LogP contribution in [0.25, 0.3) is 0 Å². The van der Waals surface area contributed by atoms with Gasteiger partial charge in [0.2, 0.25) is 5.88 Å². The first-order chi connectivity index (χ1) is 13.8. The van der Waals surface area contributed by atoms with E-state index in [-0.39, 0.29) is 11.6 Å². The molecule has 0 aliphatic carbocycles. The Morgan fingerprint density at radius 1 is 1.38 bits per heavy atom. The summed E-state index contributed by atoms with van der Waals surface area (Å²) in [6, 6.07) is 4.17. The van der Waals surface area contributed by atoms with Crippen LogP contribution in [-0.2, 0) is 5.54 Å². The predicted molar refractivity (Wildman–Crippen MR) is 104 cm³/mol. The first kappa shape index (κ1) is 20.9. The largest absolute Gasteiger partial charge is 0.470 e. The Bertz CT molecular complexity index is 926. The summed E-state index contributed by atoms with van der Waals surface area (Å²) in [4.78, 5) is 24.4. The van der Waals surface area contributed by atoms with Gasteiger partial charge < -0.3 is 15.8 Å². The van der Waals surface area contributed by atoms with E-state index in [0.717, 1.165) is 12.4 Å². The molecule has 1 atom stereocenters. The third-order valence-corrected chi connectivity index (χ3v) is 5.01. The van der Waals surface area contributed by atoms with Crippen LogP contribution >= 0.6 is 11.8 Å². The number of anilines is 1. The molecule has 2 heterocycles. The summed E-state index contributed by atoms with van der Waals surface area (Å²) in [6.45, 7) is 0.968. The Balaban J connectivity index is 1.75. The number of carbonyl (C=O) groups excluding carboxylic acids is 1. The van der Waals surface area contributed by atoms with Gasteiger partial charge in [0.1, 0.15) is 11.5 Å². The Kier molecular flexibility index (Phi) is 6.26. The van der Waals surface area contributed by atoms with E-state index in [1.54, 1.807) is 6.92 Å². The lowest BCUT2D eigenvalue weighted by Gasteiger charge is -2.30. The van der Waals surface area contributed by atoms with Crippen LogP contribution in [0.2, 0.25) is 0 Å². The molecule has 0 radical (unpaired) electrons. The highest BCUT2D eigenvalue weighted by Crippen LogP contribution is 2.37. The van der Waals surface area contributed by atoms with E-state index in [4.69, 9.17) is 10.5 Å². The maximum atomic E-state index is 14.4. The number of rotatable bonds is 6. The van der Waals surface area contributed by atoms with Gasteiger partial charge in [-0.3, -0.25) is 9.79 Å². The smallest absolute Gasteiger partial charge is 0.275 e. The van der Waals surface area contributed by atoms with Crippen molar-refractivity contribution in [2.45, 2.75) is 25.3 Å². The lowest BCUT2D eigenvalue weighted by atomic mass is 9.89. The van der Waals surface area contributed by atoms with Crippen LogP contribution in [0.4, 0.5) is 18.9 Å². The maximum Gasteiger partial charge on any atom is 0.275 e. The number of nitrogens with zero attached hydrogens (tertiary/aromatic N) is 3. The molecule has 1 aliphatic rings. The van der Waals surface area contributed by atoms with Crippen LogP contribution in [0.3, 0.4) is 0 Å². The van der Waals surface area contributed by atoms with Gasteiger partial charge in [-0.25, -0.2) is 23.1 Å². The van der Waals surface area contributed by atoms with Crippen molar-refractivity contribution in [3.63, 3.8) is 0 Å². The number of thioether (sulfide) groups is 1. The van der Waals surface area contributed by atoms with Crippen molar-refractivity contribution in [2.24, 2.45) is 10.7 Å². The van der Waals surface area contributed by atoms with E-state index in [0.29, 0.717) is 28.6 Å². The zero-order valence-electron chi connectivity index (χ0n) is 15.4. The molecule has 1 aliphatic heterocycles. The molecule has 0 saturated carbocycles. The summed E-state index contributed by atoms with van der Waals surface area (Å²) in [6.07, 6.45) is 0.131. The summed E-state index contributed by atoms with van der Waals surface area (Å²) in [7, 11) is 0. The maximum absolute atomic E-state index is 14.4. The zero-order chi connectivity index (χ0) is 21.0. The number of alkyl halides is 2. The van der Waals surface area contributed by atoms with Gasteiger partial charge in [0.05, 0.1) is 17.9 Å². The number of carbonyl (C=O) groups is 1. The van der Waals surface area contributed by atoms with Crippen LogP contribution in [0.1, 0.15) is 29.4 Å². The fourth-order valence-corrected chi connectivity index (χ4v) is 3.72. The second kappa shape index (κ2) is 8.68. The van der Waals surface area contributed by atoms with E-state index in [9.17, 15) is 18.0 Å². The number of amides is 1. The summed E-state index contributed by atoms with van der Waals surface area (Å²) in [5, 5.41) is 3.00. The summed E-state index contributed by atoms with van der Waals surface area (Å²) in [5.41, 5.74) is 5.58. The second-order valence-electron chi connectivity index (χ2n) is 6.41. The number of aromatic nitrogens is 2. The Morgan fingerprint density at radius 2 is 2.17 bits per heavy atom. The first-order valence-corrected chi connectivity index (χ1v) is 9.58. The van der Waals surface area contributed by atoms with Crippen LogP contribution in [0.5, 0.6) is 5.88 Å². The molecule has 29 heavy (non-hydrogen) atoms. The first-order valence-electron chi connectivity index (χ1n) is 8.59. The van der Waals surface area contributed by atoms with E-state index in [2.05, 4.69) is 20.3 Å². The topological polar surface area (TPSA) is 102 Å². The SMILES string of the molecule is CC1(c2cc(NC(=O)c3cnc(OCC(F)F)cn3)ccc2F)CCSC(N)=N1. The van der Waals surface area contributed by atoms with Crippen molar-refractivity contribution in [2.75, 3.05) is 17.7 Å². The Hall–Kier alpha value is -2.82. The van der Waals surface area contributed by atoms with Gasteiger partial charge in [0.25, 0.3) is 12.3 Å². The molecular formula is C18H18F3N5O2S. The second-order valence-corrected chi connectivity index (χ2v) is 7.53. The molecule has 3 N–H and O–H groups in total. The van der Waals surface area contributed by atoms with E-state index < -0.39 is 30.3 Å². The highest BCUT2D eigenvalue weighted by Gasteiger charge is 2.32. The van der Waals surface area contributed by atoms with Crippen molar-refractivity contribution >= 4 is 28.5 Å². The molecule has 1 aromatic carbocycles. The van der Waals surface area contributed by atoms with Crippen LogP contribution in [-0.4, -0.2) is 39.8 Å². The normalized spacial score (nSPS) is 19.0. The monoisotopic (exact) mass is 425 g/mol. The lowest BCUT2D eigenvalue weighted by Crippen LogP contribution is -2.29. The van der Waals surface area contributed by atoms with Crippen molar-refractivity contribution in [1.29, 1.82) is 0 Å². The highest BCUT2D eigenvalue weighted by atomic mass is 32.2. The molecule has 7 nitrogen and oxygen atoms in total. The summed E-state index contributed by atoms with van der Waals surface area (Å²) in [5.74, 6) is -0.459. The third-order valence-electron chi connectivity index (χ3n) is 4.22. The predicted octanol–water partition coefficient (Wildman–Crippen LogP) is 3.18. The minimum atomic E-state index is -2.64. The Labute approximate surface area is 169 Å². The number of hydrogen-bond acceptors (Lipinski definition) is 7. The number of ether oxygens (including phenoxy) is 1. The molecule has 0 spiro atoms.